The van der Waals surface area contributed by atoms with E-state index in [0.29, 0.717) is 16.5 Å². The second kappa shape index (κ2) is 5.90. The summed E-state index contributed by atoms with van der Waals surface area (Å²) in [6.45, 7) is 9.54. The van der Waals surface area contributed by atoms with Gasteiger partial charge in [0.25, 0.3) is 0 Å². The van der Waals surface area contributed by atoms with Crippen LogP contribution in [0.4, 0.5) is 0 Å². The molecule has 1 aromatic heterocycles. The van der Waals surface area contributed by atoms with E-state index in [1.54, 1.807) is 0 Å². The van der Waals surface area contributed by atoms with Crippen molar-refractivity contribution in [2.75, 3.05) is 12.5 Å². The predicted molar refractivity (Wildman–Crippen MR) is 94.9 cm³/mol. The zero-order chi connectivity index (χ0) is 19.4. The number of rotatable bonds is 5. The lowest BCUT2D eigenvalue weighted by Crippen LogP contribution is -2.57. The molecule has 0 atom stereocenters. The van der Waals surface area contributed by atoms with Gasteiger partial charge >= 0.3 is 10.2 Å². The lowest BCUT2D eigenvalue weighted by Gasteiger charge is -2.36. The Bertz CT molecular complexity index is 907. The molecule has 0 aliphatic rings. The van der Waals surface area contributed by atoms with Crippen LogP contribution in [-0.4, -0.2) is 57.9 Å². The largest absolute Gasteiger partial charge is 0.335 e. The summed E-state index contributed by atoms with van der Waals surface area (Å²) in [7, 11) is -16.6. The van der Waals surface area contributed by atoms with Crippen LogP contribution in [0.1, 0.15) is 20.8 Å². The summed E-state index contributed by atoms with van der Waals surface area (Å²) in [6, 6.07) is 0. The van der Waals surface area contributed by atoms with Gasteiger partial charge in [0, 0.05) is 15.5 Å². The molecule has 0 radical (unpaired) electrons. The SMILES string of the molecule is CC(C)(C)[Si](C)(C)c1nccn1S(=O)(=O)N(S(C)(=O)=O)S(C)(=O)=O. The van der Waals surface area contributed by atoms with Gasteiger partial charge in [0.1, 0.15) is 13.5 Å². The molecule has 13 heteroatoms. The van der Waals surface area contributed by atoms with Crippen LogP contribution >= 0.6 is 0 Å². The second-order valence-electron chi connectivity index (χ2n) is 7.09. The molecule has 0 N–H and O–H groups in total. The number of sulfonamides is 2. The van der Waals surface area contributed by atoms with Gasteiger partial charge < -0.3 is 0 Å². The maximum absolute atomic E-state index is 12.8. The number of nitrogens with zero attached hydrogens (tertiary/aromatic N) is 3. The van der Waals surface area contributed by atoms with Crippen molar-refractivity contribution in [1.82, 2.24) is 12.1 Å². The third-order valence-corrected chi connectivity index (χ3v) is 16.1. The van der Waals surface area contributed by atoms with E-state index in [1.807, 2.05) is 33.9 Å². The molecule has 1 aromatic rings. The van der Waals surface area contributed by atoms with Crippen molar-refractivity contribution >= 4 is 43.8 Å². The smallest absolute Gasteiger partial charge is 0.246 e. The van der Waals surface area contributed by atoms with Gasteiger partial charge in [-0.2, -0.15) is 8.42 Å². The molecule has 0 spiro atoms. The molecule has 0 aliphatic heterocycles. The maximum Gasteiger partial charge on any atom is 0.335 e. The summed E-state index contributed by atoms with van der Waals surface area (Å²) in [5, 5.41) is -0.299. The van der Waals surface area contributed by atoms with E-state index in [1.165, 1.54) is 6.20 Å². The van der Waals surface area contributed by atoms with Crippen LogP contribution < -0.4 is 5.45 Å². The van der Waals surface area contributed by atoms with Crippen LogP contribution in [0.15, 0.2) is 12.4 Å². The van der Waals surface area contributed by atoms with Crippen LogP contribution in [0, 0.1) is 0 Å². The summed E-state index contributed by atoms with van der Waals surface area (Å²) in [6.07, 6.45) is 3.33. The Hall–Kier alpha value is -0.763. The number of hydrogen-bond donors (Lipinski definition) is 0. The van der Waals surface area contributed by atoms with Crippen molar-refractivity contribution in [2.24, 2.45) is 0 Å². The van der Waals surface area contributed by atoms with Crippen LogP contribution in [-0.2, 0) is 30.3 Å². The van der Waals surface area contributed by atoms with Gasteiger partial charge in [-0.1, -0.05) is 33.9 Å². The number of hydrogen-bond acceptors (Lipinski definition) is 7. The van der Waals surface area contributed by atoms with Crippen molar-refractivity contribution in [3.63, 3.8) is 0 Å². The summed E-state index contributed by atoms with van der Waals surface area (Å²) < 4.78 is 73.1. The monoisotopic (exact) mass is 417 g/mol. The van der Waals surface area contributed by atoms with E-state index in [9.17, 15) is 25.3 Å². The molecular formula is C11H23N3O6S3Si. The zero-order valence-electron chi connectivity index (χ0n) is 14.7. The first kappa shape index (κ1) is 21.3. The maximum atomic E-state index is 12.8. The predicted octanol–water partition coefficient (Wildman–Crippen LogP) is -0.0873. The van der Waals surface area contributed by atoms with Gasteiger partial charge in [0.05, 0.1) is 12.5 Å². The average molecular weight is 418 g/mol. The Balaban J connectivity index is 3.79. The fourth-order valence-corrected chi connectivity index (χ4v) is 10.4. The minimum absolute atomic E-state index is 0.173. The van der Waals surface area contributed by atoms with Crippen molar-refractivity contribution in [1.29, 1.82) is 0 Å². The van der Waals surface area contributed by atoms with E-state index in [-0.39, 0.29) is 10.5 Å². The van der Waals surface area contributed by atoms with Gasteiger partial charge in [-0.15, -0.1) is 0 Å². The summed E-state index contributed by atoms with van der Waals surface area (Å²) in [5.74, 6) is 0. The molecule has 0 saturated heterocycles. The summed E-state index contributed by atoms with van der Waals surface area (Å²) in [4.78, 5) is 4.10. The third-order valence-electron chi connectivity index (χ3n) is 4.02. The Morgan fingerprint density at radius 3 is 1.75 bits per heavy atom. The Morgan fingerprint density at radius 2 is 1.42 bits per heavy atom. The minimum Gasteiger partial charge on any atom is -0.246 e. The van der Waals surface area contributed by atoms with Gasteiger partial charge in [0.2, 0.25) is 20.0 Å². The van der Waals surface area contributed by atoms with E-state index >= 15 is 0 Å². The standard InChI is InChI=1S/C11H23N3O6S3Si/c1-11(2,3)24(6,7)10-12-8-9-13(10)23(19,20)14(21(4,15)16)22(5,17)18/h8-9H,1-7H3. The normalized spacial score (nSPS) is 15.0. The molecule has 0 unspecified atom stereocenters. The molecule has 0 saturated carbocycles. The molecule has 140 valence electrons. The fourth-order valence-electron chi connectivity index (χ4n) is 1.91. The summed E-state index contributed by atoms with van der Waals surface area (Å²) >= 11 is 0. The minimum atomic E-state index is -4.90. The van der Waals surface area contributed by atoms with Crippen molar-refractivity contribution < 1.29 is 25.3 Å². The topological polar surface area (TPSA) is 123 Å². The van der Waals surface area contributed by atoms with Crippen molar-refractivity contribution in [3.8, 4) is 0 Å². The highest BCUT2D eigenvalue weighted by Gasteiger charge is 2.46. The molecule has 0 aliphatic carbocycles. The lowest BCUT2D eigenvalue weighted by atomic mass is 10.2. The highest BCUT2D eigenvalue weighted by Crippen LogP contribution is 2.35. The van der Waals surface area contributed by atoms with Gasteiger partial charge in [-0.05, 0) is 5.04 Å². The van der Waals surface area contributed by atoms with Crippen LogP contribution in [0.5, 0.6) is 0 Å². The quantitative estimate of drug-likeness (QED) is 0.613. The highest BCUT2D eigenvalue weighted by molar-refractivity contribution is 8.16. The average Bonchev–Trinajstić information content (AvgIpc) is 2.71. The number of imidazole rings is 1. The molecule has 9 nitrogen and oxygen atoms in total. The second-order valence-corrected chi connectivity index (χ2v) is 18.3. The molecular weight excluding hydrogens is 394 g/mol. The van der Waals surface area contributed by atoms with E-state index in [2.05, 4.69) is 4.98 Å². The molecule has 0 aromatic carbocycles. The zero-order valence-corrected chi connectivity index (χ0v) is 18.1. The Morgan fingerprint density at radius 1 is 1.00 bits per heavy atom. The molecule has 1 heterocycles. The van der Waals surface area contributed by atoms with Crippen LogP contribution in [0.25, 0.3) is 0 Å². The van der Waals surface area contributed by atoms with Crippen LogP contribution in [0.2, 0.25) is 18.1 Å². The highest BCUT2D eigenvalue weighted by atomic mass is 32.3. The first-order valence-corrected chi connectivity index (χ1v) is 14.9. The molecule has 0 fully saturated rings. The molecule has 1 rings (SSSR count). The molecule has 24 heavy (non-hydrogen) atoms. The van der Waals surface area contributed by atoms with Gasteiger partial charge in [0.15, 0.2) is 0 Å². The first-order valence-electron chi connectivity index (χ1n) is 6.84. The van der Waals surface area contributed by atoms with E-state index < -0.39 is 41.4 Å². The fraction of sp³-hybridized carbons (Fsp3) is 0.727. The van der Waals surface area contributed by atoms with Crippen molar-refractivity contribution in [3.05, 3.63) is 12.4 Å². The lowest BCUT2D eigenvalue weighted by molar-refractivity contribution is 0.530. The first-order chi connectivity index (χ1) is 10.3. The third kappa shape index (κ3) is 3.74. The van der Waals surface area contributed by atoms with Crippen molar-refractivity contribution in [2.45, 2.75) is 38.9 Å². The van der Waals surface area contributed by atoms with E-state index in [0.717, 1.165) is 6.20 Å². The Kier molecular flexibility index (Phi) is 5.23. The number of aromatic nitrogens is 2. The molecule has 0 bridgehead atoms. The summed E-state index contributed by atoms with van der Waals surface area (Å²) in [5.41, 5.74) is 0.173. The Labute approximate surface area is 145 Å². The van der Waals surface area contributed by atoms with Crippen LogP contribution in [0.3, 0.4) is 0 Å². The van der Waals surface area contributed by atoms with E-state index in [4.69, 9.17) is 0 Å². The van der Waals surface area contributed by atoms with Gasteiger partial charge in [-0.25, -0.2) is 25.8 Å². The molecule has 0 amide bonds. The van der Waals surface area contributed by atoms with Gasteiger partial charge in [-0.3, -0.25) is 0 Å².